The average molecular weight is 261 g/mol. The summed E-state index contributed by atoms with van der Waals surface area (Å²) in [5.74, 6) is 0.0552. The predicted molar refractivity (Wildman–Crippen MR) is 79.6 cm³/mol. The van der Waals surface area contributed by atoms with E-state index in [-0.39, 0.29) is 5.91 Å². The van der Waals surface area contributed by atoms with Gasteiger partial charge in [0.05, 0.1) is 0 Å². The number of rotatable bonds is 4. The van der Waals surface area contributed by atoms with Crippen molar-refractivity contribution in [1.82, 2.24) is 5.32 Å². The fourth-order valence-electron chi connectivity index (χ4n) is 2.36. The second kappa shape index (κ2) is 6.57. The van der Waals surface area contributed by atoms with Crippen molar-refractivity contribution in [2.24, 2.45) is 0 Å². The van der Waals surface area contributed by atoms with Crippen LogP contribution in [0.15, 0.2) is 18.2 Å². The molecule has 0 aliphatic carbocycles. The van der Waals surface area contributed by atoms with E-state index in [2.05, 4.69) is 22.0 Å². The lowest BCUT2D eigenvalue weighted by atomic mass is 10.1. The molecule has 1 unspecified atom stereocenters. The van der Waals surface area contributed by atoms with E-state index in [1.165, 1.54) is 12.8 Å². The molecule has 1 amide bonds. The van der Waals surface area contributed by atoms with Gasteiger partial charge in [-0.25, -0.2) is 0 Å². The third-order valence-electron chi connectivity index (χ3n) is 3.59. The number of hydrogen-bond donors (Lipinski definition) is 3. The van der Waals surface area contributed by atoms with Crippen LogP contribution in [0.25, 0.3) is 0 Å². The zero-order chi connectivity index (χ0) is 13.7. The maximum absolute atomic E-state index is 11.5. The molecule has 19 heavy (non-hydrogen) atoms. The first-order valence-corrected chi connectivity index (χ1v) is 7.07. The van der Waals surface area contributed by atoms with E-state index in [0.29, 0.717) is 12.5 Å². The van der Waals surface area contributed by atoms with Crippen LogP contribution >= 0.6 is 0 Å². The largest absolute Gasteiger partial charge is 0.381 e. The molecule has 1 saturated heterocycles. The van der Waals surface area contributed by atoms with Gasteiger partial charge in [0.1, 0.15) is 0 Å². The van der Waals surface area contributed by atoms with E-state index in [9.17, 15) is 4.79 Å². The first-order valence-electron chi connectivity index (χ1n) is 7.07. The quantitative estimate of drug-likeness (QED) is 0.780. The van der Waals surface area contributed by atoms with Gasteiger partial charge in [-0.1, -0.05) is 13.0 Å². The summed E-state index contributed by atoms with van der Waals surface area (Å²) in [5, 5.41) is 9.91. The summed E-state index contributed by atoms with van der Waals surface area (Å²) >= 11 is 0. The number of carbonyl (C=O) groups excluding carboxylic acids is 1. The molecule has 104 valence electrons. The van der Waals surface area contributed by atoms with Crippen LogP contribution < -0.4 is 16.0 Å². The molecule has 4 heteroatoms. The maximum atomic E-state index is 11.5. The Labute approximate surface area is 115 Å². The van der Waals surface area contributed by atoms with Crippen molar-refractivity contribution in [2.75, 3.05) is 23.7 Å². The monoisotopic (exact) mass is 261 g/mol. The minimum atomic E-state index is 0.0552. The molecule has 0 bridgehead atoms. The Bertz CT molecular complexity index is 439. The van der Waals surface area contributed by atoms with Crippen LogP contribution in [0.2, 0.25) is 0 Å². The zero-order valence-corrected chi connectivity index (χ0v) is 11.8. The Kier molecular flexibility index (Phi) is 4.80. The van der Waals surface area contributed by atoms with E-state index in [1.807, 2.05) is 26.0 Å². The minimum absolute atomic E-state index is 0.0552. The Morgan fingerprint density at radius 3 is 2.89 bits per heavy atom. The van der Waals surface area contributed by atoms with Crippen LogP contribution in [0.5, 0.6) is 0 Å². The molecule has 1 atom stereocenters. The van der Waals surface area contributed by atoms with E-state index in [1.54, 1.807) is 0 Å². The second-order valence-electron chi connectivity index (χ2n) is 5.07. The van der Waals surface area contributed by atoms with Crippen LogP contribution in [0.4, 0.5) is 11.4 Å². The molecule has 1 fully saturated rings. The minimum Gasteiger partial charge on any atom is -0.381 e. The highest BCUT2D eigenvalue weighted by Crippen LogP contribution is 2.24. The second-order valence-corrected chi connectivity index (χ2v) is 5.07. The first kappa shape index (κ1) is 13.9. The van der Waals surface area contributed by atoms with Gasteiger partial charge in [0.2, 0.25) is 5.91 Å². The molecule has 0 saturated carbocycles. The van der Waals surface area contributed by atoms with Gasteiger partial charge in [-0.15, -0.1) is 0 Å². The summed E-state index contributed by atoms with van der Waals surface area (Å²) in [6.45, 7) is 6.03. The number of piperidine rings is 1. The van der Waals surface area contributed by atoms with Crippen LogP contribution in [-0.2, 0) is 4.79 Å². The normalized spacial score (nSPS) is 18.9. The predicted octanol–water partition coefficient (Wildman–Crippen LogP) is 2.51. The summed E-state index contributed by atoms with van der Waals surface area (Å²) in [5.41, 5.74) is 3.12. The van der Waals surface area contributed by atoms with Gasteiger partial charge in [-0.3, -0.25) is 4.79 Å². The van der Waals surface area contributed by atoms with Crippen molar-refractivity contribution in [2.45, 2.75) is 39.2 Å². The van der Waals surface area contributed by atoms with E-state index in [0.717, 1.165) is 30.0 Å². The molecular weight excluding hydrogens is 238 g/mol. The number of carbonyl (C=O) groups is 1. The molecule has 2 rings (SSSR count). The highest BCUT2D eigenvalue weighted by molar-refractivity contribution is 5.92. The lowest BCUT2D eigenvalue weighted by molar-refractivity contribution is -0.115. The molecule has 1 aromatic rings. The zero-order valence-electron chi connectivity index (χ0n) is 11.8. The molecule has 1 aromatic carbocycles. The Balaban J connectivity index is 2.07. The topological polar surface area (TPSA) is 53.2 Å². The van der Waals surface area contributed by atoms with Crippen molar-refractivity contribution >= 4 is 17.3 Å². The van der Waals surface area contributed by atoms with Gasteiger partial charge >= 0.3 is 0 Å². The third-order valence-corrected chi connectivity index (χ3v) is 3.59. The molecule has 0 aromatic heterocycles. The molecular formula is C15H23N3O. The maximum Gasteiger partial charge on any atom is 0.224 e. The van der Waals surface area contributed by atoms with Crippen LogP contribution in [0.3, 0.4) is 0 Å². The smallest absolute Gasteiger partial charge is 0.224 e. The lowest BCUT2D eigenvalue weighted by Gasteiger charge is -2.26. The number of benzene rings is 1. The van der Waals surface area contributed by atoms with Crippen LogP contribution in [0, 0.1) is 6.92 Å². The SMILES string of the molecule is CCC(=O)Nc1cccc(NC2CCCNC2)c1C. The van der Waals surface area contributed by atoms with Gasteiger partial charge in [0, 0.05) is 30.4 Å². The molecule has 3 N–H and O–H groups in total. The number of anilines is 2. The van der Waals surface area contributed by atoms with Crippen molar-refractivity contribution in [3.63, 3.8) is 0 Å². The molecule has 1 heterocycles. The number of nitrogens with one attached hydrogen (secondary N) is 3. The van der Waals surface area contributed by atoms with Crippen molar-refractivity contribution in [3.05, 3.63) is 23.8 Å². The van der Waals surface area contributed by atoms with E-state index < -0.39 is 0 Å². The standard InChI is InChI=1S/C15H23N3O/c1-3-15(19)18-14-8-4-7-13(11(14)2)17-12-6-5-9-16-10-12/h4,7-8,12,16-17H,3,5-6,9-10H2,1-2H3,(H,18,19). The van der Waals surface area contributed by atoms with Crippen molar-refractivity contribution in [3.8, 4) is 0 Å². The average Bonchev–Trinajstić information content (AvgIpc) is 2.44. The number of amides is 1. The molecule has 0 radical (unpaired) electrons. The van der Waals surface area contributed by atoms with E-state index >= 15 is 0 Å². The molecule has 0 spiro atoms. The summed E-state index contributed by atoms with van der Waals surface area (Å²) in [6, 6.07) is 6.49. The Morgan fingerprint density at radius 2 is 2.21 bits per heavy atom. The fraction of sp³-hybridized carbons (Fsp3) is 0.533. The Hall–Kier alpha value is -1.55. The van der Waals surface area contributed by atoms with Crippen molar-refractivity contribution in [1.29, 1.82) is 0 Å². The molecule has 4 nitrogen and oxygen atoms in total. The van der Waals surface area contributed by atoms with Crippen molar-refractivity contribution < 1.29 is 4.79 Å². The van der Waals surface area contributed by atoms with Gasteiger partial charge in [0.25, 0.3) is 0 Å². The van der Waals surface area contributed by atoms with Crippen LogP contribution in [0.1, 0.15) is 31.7 Å². The number of hydrogen-bond acceptors (Lipinski definition) is 3. The summed E-state index contributed by atoms with van der Waals surface area (Å²) in [6.07, 6.45) is 2.91. The molecule has 1 aliphatic rings. The van der Waals surface area contributed by atoms with Gasteiger partial charge < -0.3 is 16.0 Å². The van der Waals surface area contributed by atoms with Gasteiger partial charge in [-0.05, 0) is 44.0 Å². The summed E-state index contributed by atoms with van der Waals surface area (Å²) in [4.78, 5) is 11.5. The van der Waals surface area contributed by atoms with Crippen LogP contribution in [-0.4, -0.2) is 25.0 Å². The lowest BCUT2D eigenvalue weighted by Crippen LogP contribution is -2.38. The fourth-order valence-corrected chi connectivity index (χ4v) is 2.36. The molecule has 1 aliphatic heterocycles. The summed E-state index contributed by atoms with van der Waals surface area (Å²) < 4.78 is 0. The highest BCUT2D eigenvalue weighted by Gasteiger charge is 2.14. The van der Waals surface area contributed by atoms with Gasteiger partial charge in [-0.2, -0.15) is 0 Å². The Morgan fingerprint density at radius 1 is 1.42 bits per heavy atom. The first-order chi connectivity index (χ1) is 9.20. The highest BCUT2D eigenvalue weighted by atomic mass is 16.1. The third kappa shape index (κ3) is 3.70. The van der Waals surface area contributed by atoms with Gasteiger partial charge in [0.15, 0.2) is 0 Å². The summed E-state index contributed by atoms with van der Waals surface area (Å²) in [7, 11) is 0. The van der Waals surface area contributed by atoms with E-state index in [4.69, 9.17) is 0 Å².